The fourth-order valence-corrected chi connectivity index (χ4v) is 2.32. The molecule has 3 rings (SSSR count). The Labute approximate surface area is 143 Å². The van der Waals surface area contributed by atoms with Crippen LogP contribution >= 0.6 is 0 Å². The van der Waals surface area contributed by atoms with Crippen molar-refractivity contribution >= 4 is 28.5 Å². The predicted octanol–water partition coefficient (Wildman–Crippen LogP) is 3.22. The van der Waals surface area contributed by atoms with Crippen molar-refractivity contribution in [2.45, 2.75) is 6.92 Å². The van der Waals surface area contributed by atoms with E-state index < -0.39 is 11.6 Å². The van der Waals surface area contributed by atoms with Gasteiger partial charge in [0.25, 0.3) is 5.91 Å². The van der Waals surface area contributed by atoms with E-state index in [9.17, 15) is 14.4 Å². The molecule has 0 unspecified atom stereocenters. The number of carbonyl (C=O) groups excluding carboxylic acids is 2. The van der Waals surface area contributed by atoms with Gasteiger partial charge in [-0.25, -0.2) is 9.59 Å². The molecular weight excluding hydrogens is 322 g/mol. The summed E-state index contributed by atoms with van der Waals surface area (Å²) < 4.78 is 9.95. The number of hydrogen-bond acceptors (Lipinski definition) is 5. The largest absolute Gasteiger partial charge is 0.462 e. The molecule has 0 saturated heterocycles. The third kappa shape index (κ3) is 3.74. The Morgan fingerprint density at radius 2 is 1.72 bits per heavy atom. The van der Waals surface area contributed by atoms with Crippen LogP contribution < -0.4 is 10.9 Å². The minimum absolute atomic E-state index is 0.305. The molecule has 1 N–H and O–H groups in total. The average Bonchev–Trinajstić information content (AvgIpc) is 2.62. The number of ether oxygens (including phenoxy) is 1. The van der Waals surface area contributed by atoms with Gasteiger partial charge in [-0.2, -0.15) is 0 Å². The van der Waals surface area contributed by atoms with Gasteiger partial charge in [0.15, 0.2) is 0 Å². The van der Waals surface area contributed by atoms with Crippen molar-refractivity contribution in [1.82, 2.24) is 0 Å². The number of nitrogens with one attached hydrogen (secondary N) is 1. The molecule has 1 amide bonds. The first kappa shape index (κ1) is 16.4. The van der Waals surface area contributed by atoms with Crippen molar-refractivity contribution in [2.75, 3.05) is 11.9 Å². The van der Waals surface area contributed by atoms with Crippen molar-refractivity contribution < 1.29 is 18.7 Å². The molecule has 0 saturated carbocycles. The third-order valence-corrected chi connectivity index (χ3v) is 3.54. The van der Waals surface area contributed by atoms with E-state index in [0.717, 1.165) is 0 Å². The van der Waals surface area contributed by atoms with E-state index in [1.165, 1.54) is 6.07 Å². The molecule has 0 aliphatic rings. The van der Waals surface area contributed by atoms with Crippen molar-refractivity contribution in [3.8, 4) is 0 Å². The number of fused-ring (bicyclic) bond motifs is 1. The maximum atomic E-state index is 12.4. The van der Waals surface area contributed by atoms with Gasteiger partial charge in [-0.15, -0.1) is 0 Å². The van der Waals surface area contributed by atoms with Crippen LogP contribution in [0.2, 0.25) is 0 Å². The molecule has 0 bridgehead atoms. The van der Waals surface area contributed by atoms with Gasteiger partial charge in [0.2, 0.25) is 0 Å². The molecular formula is C19H15NO5. The smallest absolute Gasteiger partial charge is 0.338 e. The van der Waals surface area contributed by atoms with Gasteiger partial charge in [0.05, 0.1) is 12.2 Å². The minimum atomic E-state index is -0.439. The topological polar surface area (TPSA) is 85.6 Å². The van der Waals surface area contributed by atoms with Gasteiger partial charge in [0, 0.05) is 22.7 Å². The first-order valence-corrected chi connectivity index (χ1v) is 7.69. The van der Waals surface area contributed by atoms with Gasteiger partial charge in [-0.3, -0.25) is 4.79 Å². The van der Waals surface area contributed by atoms with Crippen LogP contribution in [0, 0.1) is 0 Å². The number of esters is 1. The lowest BCUT2D eigenvalue weighted by Gasteiger charge is -2.07. The van der Waals surface area contributed by atoms with Crippen LogP contribution in [0.3, 0.4) is 0 Å². The summed E-state index contributed by atoms with van der Waals surface area (Å²) in [5, 5.41) is 3.41. The van der Waals surface area contributed by atoms with Crippen LogP contribution in [0.25, 0.3) is 11.0 Å². The Morgan fingerprint density at radius 1 is 1.00 bits per heavy atom. The van der Waals surface area contributed by atoms with Crippen molar-refractivity contribution in [1.29, 1.82) is 0 Å². The monoisotopic (exact) mass is 337 g/mol. The normalized spacial score (nSPS) is 10.4. The molecule has 2 aromatic carbocycles. The van der Waals surface area contributed by atoms with Gasteiger partial charge in [-0.1, -0.05) is 0 Å². The van der Waals surface area contributed by atoms with Crippen molar-refractivity contribution in [2.24, 2.45) is 0 Å². The molecule has 0 atom stereocenters. The lowest BCUT2D eigenvalue weighted by Crippen LogP contribution is -2.12. The van der Waals surface area contributed by atoms with Crippen LogP contribution in [-0.4, -0.2) is 18.5 Å². The molecule has 0 aliphatic heterocycles. The highest BCUT2D eigenvalue weighted by Crippen LogP contribution is 2.16. The quantitative estimate of drug-likeness (QED) is 0.583. The number of hydrogen-bond donors (Lipinski definition) is 1. The second-order valence-electron chi connectivity index (χ2n) is 5.26. The molecule has 0 radical (unpaired) electrons. The van der Waals surface area contributed by atoms with E-state index in [1.54, 1.807) is 55.5 Å². The molecule has 0 fully saturated rings. The zero-order valence-corrected chi connectivity index (χ0v) is 13.4. The lowest BCUT2D eigenvalue weighted by atomic mass is 10.1. The number of carbonyl (C=O) groups is 2. The summed E-state index contributed by atoms with van der Waals surface area (Å²) in [6.07, 6.45) is 0. The summed E-state index contributed by atoms with van der Waals surface area (Å²) in [5.41, 5.74) is 1.38. The molecule has 3 aromatic rings. The van der Waals surface area contributed by atoms with E-state index in [-0.39, 0.29) is 5.91 Å². The maximum absolute atomic E-state index is 12.4. The second kappa shape index (κ2) is 7.00. The fraction of sp³-hybridized carbons (Fsp3) is 0.105. The SMILES string of the molecule is CCOC(=O)c1ccc(NC(=O)c2ccc3oc(=O)ccc3c2)cc1. The average molecular weight is 337 g/mol. The zero-order chi connectivity index (χ0) is 17.8. The molecule has 126 valence electrons. The van der Waals surface area contributed by atoms with Crippen molar-refractivity contribution in [3.05, 3.63) is 76.1 Å². The highest BCUT2D eigenvalue weighted by atomic mass is 16.5. The molecule has 1 aromatic heterocycles. The summed E-state index contributed by atoms with van der Waals surface area (Å²) in [6, 6.07) is 14.1. The maximum Gasteiger partial charge on any atom is 0.338 e. The zero-order valence-electron chi connectivity index (χ0n) is 13.4. The van der Waals surface area contributed by atoms with Gasteiger partial charge in [-0.05, 0) is 55.5 Å². The highest BCUT2D eigenvalue weighted by molar-refractivity contribution is 6.06. The summed E-state index contributed by atoms with van der Waals surface area (Å²) in [5.74, 6) is -0.714. The fourth-order valence-electron chi connectivity index (χ4n) is 2.32. The van der Waals surface area contributed by atoms with E-state index in [0.29, 0.717) is 34.4 Å². The van der Waals surface area contributed by atoms with Crippen LogP contribution in [0.1, 0.15) is 27.6 Å². The van der Waals surface area contributed by atoms with Gasteiger partial charge >= 0.3 is 11.6 Å². The Balaban J connectivity index is 1.76. The Kier molecular flexibility index (Phi) is 4.61. The molecule has 0 spiro atoms. The molecule has 1 heterocycles. The Bertz CT molecular complexity index is 989. The first-order valence-electron chi connectivity index (χ1n) is 7.69. The summed E-state index contributed by atoms with van der Waals surface area (Å²) >= 11 is 0. The number of amides is 1. The second-order valence-corrected chi connectivity index (χ2v) is 5.26. The molecule has 6 heteroatoms. The van der Waals surface area contributed by atoms with E-state index in [4.69, 9.17) is 9.15 Å². The van der Waals surface area contributed by atoms with Crippen molar-refractivity contribution in [3.63, 3.8) is 0 Å². The number of rotatable bonds is 4. The Morgan fingerprint density at radius 3 is 2.44 bits per heavy atom. The van der Waals surface area contributed by atoms with E-state index >= 15 is 0 Å². The Hall–Kier alpha value is -3.41. The van der Waals surface area contributed by atoms with Crippen LogP contribution in [0.5, 0.6) is 0 Å². The van der Waals surface area contributed by atoms with Crippen LogP contribution in [0.4, 0.5) is 5.69 Å². The summed E-state index contributed by atoms with van der Waals surface area (Å²) in [7, 11) is 0. The van der Waals surface area contributed by atoms with E-state index in [1.807, 2.05) is 0 Å². The highest BCUT2D eigenvalue weighted by Gasteiger charge is 2.10. The van der Waals surface area contributed by atoms with E-state index in [2.05, 4.69) is 5.32 Å². The lowest BCUT2D eigenvalue weighted by molar-refractivity contribution is 0.0526. The van der Waals surface area contributed by atoms with Gasteiger partial charge in [0.1, 0.15) is 5.58 Å². The molecule has 6 nitrogen and oxygen atoms in total. The third-order valence-electron chi connectivity index (χ3n) is 3.54. The number of benzene rings is 2. The number of anilines is 1. The standard InChI is InChI=1S/C19H15NO5/c1-2-24-19(23)12-3-7-15(8-4-12)20-18(22)14-5-9-16-13(11-14)6-10-17(21)25-16/h3-11H,2H2,1H3,(H,20,22). The minimum Gasteiger partial charge on any atom is -0.462 e. The first-order chi connectivity index (χ1) is 12.1. The summed E-state index contributed by atoms with van der Waals surface area (Å²) in [4.78, 5) is 35.1. The predicted molar refractivity (Wildman–Crippen MR) is 92.8 cm³/mol. The summed E-state index contributed by atoms with van der Waals surface area (Å²) in [6.45, 7) is 2.04. The molecule has 0 aliphatic carbocycles. The van der Waals surface area contributed by atoms with Crippen LogP contribution in [-0.2, 0) is 4.74 Å². The van der Waals surface area contributed by atoms with Crippen LogP contribution in [0.15, 0.2) is 63.8 Å². The van der Waals surface area contributed by atoms with Gasteiger partial charge < -0.3 is 14.5 Å². The molecule has 25 heavy (non-hydrogen) atoms.